The average Bonchev–Trinajstić information content (AvgIpc) is 2.61. The molecule has 0 fully saturated rings. The van der Waals surface area contributed by atoms with E-state index in [9.17, 15) is 9.59 Å². The molecule has 1 heterocycles. The van der Waals surface area contributed by atoms with Crippen LogP contribution in [0.5, 0.6) is 0 Å². The summed E-state index contributed by atoms with van der Waals surface area (Å²) in [7, 11) is 0. The highest BCUT2D eigenvalue weighted by Gasteiger charge is 2.14. The number of aromatic amines is 1. The minimum atomic E-state index is -0.193. The zero-order chi connectivity index (χ0) is 18.8. The van der Waals surface area contributed by atoms with E-state index in [0.29, 0.717) is 27.8 Å². The summed E-state index contributed by atoms with van der Waals surface area (Å²) < 4.78 is 1.85. The Morgan fingerprint density at radius 2 is 2.00 bits per heavy atom. The number of carbonyl (C=O) groups excluding carboxylic acids is 1. The second kappa shape index (κ2) is 7.25. The van der Waals surface area contributed by atoms with Crippen LogP contribution in [-0.4, -0.2) is 15.5 Å². The molecule has 0 aliphatic carbocycles. The standard InChI is InChI=1S/C20H21N3O2S/c1-4-23-19(25)16-10-9-14(11-17(16)22-20(23)26)18(24)21-13(3)15-8-6-5-7-12(15)2/h5-11,13H,4H2,1-3H3,(H,21,24)(H,22,26)/t13-/m1/s1. The molecule has 6 heteroatoms. The van der Waals surface area contributed by atoms with Crippen molar-refractivity contribution in [2.24, 2.45) is 0 Å². The van der Waals surface area contributed by atoms with Gasteiger partial charge in [0.05, 0.1) is 16.9 Å². The molecule has 0 radical (unpaired) electrons. The molecule has 134 valence electrons. The highest BCUT2D eigenvalue weighted by atomic mass is 32.1. The summed E-state index contributed by atoms with van der Waals surface area (Å²) in [5, 5.41) is 3.53. The van der Waals surface area contributed by atoms with Gasteiger partial charge in [-0.15, -0.1) is 0 Å². The monoisotopic (exact) mass is 367 g/mol. The summed E-state index contributed by atoms with van der Waals surface area (Å²) in [6.07, 6.45) is 0. The van der Waals surface area contributed by atoms with Crippen LogP contribution in [0.3, 0.4) is 0 Å². The van der Waals surface area contributed by atoms with Crippen molar-refractivity contribution in [3.05, 3.63) is 74.3 Å². The normalized spacial score (nSPS) is 12.1. The summed E-state index contributed by atoms with van der Waals surface area (Å²) in [5.41, 5.74) is 3.11. The molecule has 0 spiro atoms. The van der Waals surface area contributed by atoms with Crippen LogP contribution in [0.25, 0.3) is 10.9 Å². The van der Waals surface area contributed by atoms with Crippen LogP contribution in [-0.2, 0) is 6.54 Å². The maximum Gasteiger partial charge on any atom is 0.262 e. The van der Waals surface area contributed by atoms with Gasteiger partial charge in [0.2, 0.25) is 0 Å². The first-order valence-electron chi connectivity index (χ1n) is 8.55. The zero-order valence-corrected chi connectivity index (χ0v) is 15.8. The number of hydrogen-bond acceptors (Lipinski definition) is 3. The van der Waals surface area contributed by atoms with Crippen LogP contribution < -0.4 is 10.9 Å². The van der Waals surface area contributed by atoms with Crippen molar-refractivity contribution >= 4 is 29.0 Å². The van der Waals surface area contributed by atoms with Crippen LogP contribution in [0.2, 0.25) is 0 Å². The summed E-state index contributed by atoms with van der Waals surface area (Å²) in [5.74, 6) is -0.193. The molecule has 1 atom stereocenters. The maximum absolute atomic E-state index is 12.6. The van der Waals surface area contributed by atoms with E-state index in [1.165, 1.54) is 4.57 Å². The number of aryl methyl sites for hydroxylation is 1. The molecule has 0 saturated heterocycles. The molecule has 0 aliphatic heterocycles. The third-order valence-electron chi connectivity index (χ3n) is 4.56. The lowest BCUT2D eigenvalue weighted by molar-refractivity contribution is 0.0940. The van der Waals surface area contributed by atoms with Gasteiger partial charge in [0.1, 0.15) is 0 Å². The number of amides is 1. The van der Waals surface area contributed by atoms with Crippen LogP contribution in [0.15, 0.2) is 47.3 Å². The third-order valence-corrected chi connectivity index (χ3v) is 4.89. The molecule has 26 heavy (non-hydrogen) atoms. The number of nitrogens with one attached hydrogen (secondary N) is 2. The predicted molar refractivity (Wildman–Crippen MR) is 106 cm³/mol. The summed E-state index contributed by atoms with van der Waals surface area (Å²) in [4.78, 5) is 28.1. The smallest absolute Gasteiger partial charge is 0.262 e. The first kappa shape index (κ1) is 18.1. The Morgan fingerprint density at radius 1 is 1.27 bits per heavy atom. The molecule has 0 unspecified atom stereocenters. The Balaban J connectivity index is 1.93. The number of fused-ring (bicyclic) bond motifs is 1. The molecule has 3 aromatic rings. The van der Waals surface area contributed by atoms with Gasteiger partial charge in [0.25, 0.3) is 11.5 Å². The van der Waals surface area contributed by atoms with Gasteiger partial charge in [0.15, 0.2) is 4.77 Å². The molecule has 1 aromatic heterocycles. The minimum Gasteiger partial charge on any atom is -0.346 e. The largest absolute Gasteiger partial charge is 0.346 e. The average molecular weight is 367 g/mol. The predicted octanol–water partition coefficient (Wildman–Crippen LogP) is 3.88. The molecule has 2 N–H and O–H groups in total. The fourth-order valence-electron chi connectivity index (χ4n) is 3.11. The van der Waals surface area contributed by atoms with E-state index in [-0.39, 0.29) is 17.5 Å². The SMILES string of the molecule is CCn1c(=S)[nH]c2cc(C(=O)N[C@H](C)c3ccccc3C)ccc2c1=O. The van der Waals surface area contributed by atoms with Gasteiger partial charge < -0.3 is 10.3 Å². The molecule has 0 bridgehead atoms. The van der Waals surface area contributed by atoms with Gasteiger partial charge in [-0.2, -0.15) is 0 Å². The van der Waals surface area contributed by atoms with E-state index in [1.807, 2.05) is 45.0 Å². The number of carbonyl (C=O) groups is 1. The number of hydrogen-bond donors (Lipinski definition) is 2. The molecule has 5 nitrogen and oxygen atoms in total. The van der Waals surface area contributed by atoms with Crippen LogP contribution in [0.4, 0.5) is 0 Å². The van der Waals surface area contributed by atoms with Crippen molar-refractivity contribution in [3.8, 4) is 0 Å². The Labute approximate surface area is 156 Å². The van der Waals surface area contributed by atoms with Gasteiger partial charge in [0, 0.05) is 12.1 Å². The van der Waals surface area contributed by atoms with Crippen molar-refractivity contribution in [1.82, 2.24) is 14.9 Å². The summed E-state index contributed by atoms with van der Waals surface area (Å²) in [6.45, 7) is 6.34. The Kier molecular flexibility index (Phi) is 5.04. The molecule has 1 amide bonds. The molecular formula is C20H21N3O2S. The van der Waals surface area contributed by atoms with Crippen molar-refractivity contribution in [2.75, 3.05) is 0 Å². The van der Waals surface area contributed by atoms with Crippen LogP contribution in [0, 0.1) is 11.7 Å². The highest BCUT2D eigenvalue weighted by Crippen LogP contribution is 2.18. The number of benzene rings is 2. The second-order valence-electron chi connectivity index (χ2n) is 6.29. The number of nitrogens with zero attached hydrogens (tertiary/aromatic N) is 1. The minimum absolute atomic E-state index is 0.119. The fourth-order valence-corrected chi connectivity index (χ4v) is 3.44. The van der Waals surface area contributed by atoms with Crippen LogP contribution in [0.1, 0.15) is 41.4 Å². The molecular weight excluding hydrogens is 346 g/mol. The van der Waals surface area contributed by atoms with Gasteiger partial charge in [-0.25, -0.2) is 0 Å². The van der Waals surface area contributed by atoms with Gasteiger partial charge in [-0.05, 0) is 62.3 Å². The van der Waals surface area contributed by atoms with Gasteiger partial charge in [-0.1, -0.05) is 24.3 Å². The van der Waals surface area contributed by atoms with Gasteiger partial charge in [-0.3, -0.25) is 14.2 Å². The second-order valence-corrected chi connectivity index (χ2v) is 6.68. The van der Waals surface area contributed by atoms with Gasteiger partial charge >= 0.3 is 0 Å². The first-order valence-corrected chi connectivity index (χ1v) is 8.96. The van der Waals surface area contributed by atoms with E-state index in [1.54, 1.807) is 18.2 Å². The highest BCUT2D eigenvalue weighted by molar-refractivity contribution is 7.71. The van der Waals surface area contributed by atoms with Crippen molar-refractivity contribution in [3.63, 3.8) is 0 Å². The van der Waals surface area contributed by atoms with Crippen molar-refractivity contribution in [1.29, 1.82) is 0 Å². The Hall–Kier alpha value is -2.73. The van der Waals surface area contributed by atoms with E-state index >= 15 is 0 Å². The van der Waals surface area contributed by atoms with Crippen LogP contribution >= 0.6 is 12.2 Å². The maximum atomic E-state index is 12.6. The summed E-state index contributed by atoms with van der Waals surface area (Å²) in [6, 6.07) is 12.8. The van der Waals surface area contributed by atoms with E-state index < -0.39 is 0 Å². The number of aromatic nitrogens is 2. The lowest BCUT2D eigenvalue weighted by Crippen LogP contribution is -2.27. The lowest BCUT2D eigenvalue weighted by Gasteiger charge is -2.17. The van der Waals surface area contributed by atoms with E-state index in [0.717, 1.165) is 11.1 Å². The Morgan fingerprint density at radius 3 is 2.69 bits per heavy atom. The summed E-state index contributed by atoms with van der Waals surface area (Å²) >= 11 is 5.23. The van der Waals surface area contributed by atoms with Crippen molar-refractivity contribution < 1.29 is 4.79 Å². The number of H-pyrrole nitrogens is 1. The van der Waals surface area contributed by atoms with Crippen molar-refractivity contribution in [2.45, 2.75) is 33.4 Å². The lowest BCUT2D eigenvalue weighted by atomic mass is 10.0. The number of rotatable bonds is 4. The fraction of sp³-hybridized carbons (Fsp3) is 0.250. The molecule has 0 aliphatic rings. The molecule has 2 aromatic carbocycles. The quantitative estimate of drug-likeness (QED) is 0.688. The molecule has 0 saturated carbocycles. The third kappa shape index (κ3) is 3.32. The molecule has 3 rings (SSSR count). The zero-order valence-electron chi connectivity index (χ0n) is 15.0. The van der Waals surface area contributed by atoms with E-state index in [4.69, 9.17) is 12.2 Å². The van der Waals surface area contributed by atoms with E-state index in [2.05, 4.69) is 10.3 Å². The Bertz CT molecular complexity index is 1100. The topological polar surface area (TPSA) is 66.9 Å². The first-order chi connectivity index (χ1) is 12.4.